The standard InChI is InChI=1S/C10H7FO5/c11-6-2-1-5(7(12)10(13)14)8-9(6)16-4-3-15-8/h1-2H,3-4H2,(H,13,14). The number of ether oxygens (including phenoxy) is 2. The molecule has 0 radical (unpaired) electrons. The van der Waals surface area contributed by atoms with Crippen molar-refractivity contribution in [3.05, 3.63) is 23.5 Å². The number of carboxylic acid groups (broad SMARTS) is 1. The molecule has 1 aromatic rings. The van der Waals surface area contributed by atoms with Crippen molar-refractivity contribution in [2.24, 2.45) is 0 Å². The van der Waals surface area contributed by atoms with E-state index in [0.717, 1.165) is 12.1 Å². The van der Waals surface area contributed by atoms with Gasteiger partial charge in [-0.25, -0.2) is 9.18 Å². The highest BCUT2D eigenvalue weighted by Crippen LogP contribution is 2.36. The summed E-state index contributed by atoms with van der Waals surface area (Å²) in [6.45, 7) is 0.311. The van der Waals surface area contributed by atoms with E-state index in [9.17, 15) is 14.0 Å². The highest BCUT2D eigenvalue weighted by molar-refractivity contribution is 6.40. The number of carbonyl (C=O) groups is 2. The van der Waals surface area contributed by atoms with E-state index in [1.54, 1.807) is 0 Å². The highest BCUT2D eigenvalue weighted by Gasteiger charge is 2.27. The third-order valence-electron chi connectivity index (χ3n) is 2.08. The molecule has 0 spiro atoms. The zero-order chi connectivity index (χ0) is 11.7. The first-order valence-corrected chi connectivity index (χ1v) is 4.47. The van der Waals surface area contributed by atoms with Gasteiger partial charge in [0.25, 0.3) is 5.78 Å². The largest absolute Gasteiger partial charge is 0.485 e. The summed E-state index contributed by atoms with van der Waals surface area (Å²) in [4.78, 5) is 21.8. The number of hydrogen-bond donors (Lipinski definition) is 1. The molecule has 0 aliphatic carbocycles. The fourth-order valence-electron chi connectivity index (χ4n) is 1.40. The Morgan fingerprint density at radius 2 is 1.81 bits per heavy atom. The fraction of sp³-hybridized carbons (Fsp3) is 0.200. The van der Waals surface area contributed by atoms with Crippen LogP contribution in [-0.2, 0) is 4.79 Å². The van der Waals surface area contributed by atoms with Crippen molar-refractivity contribution in [2.75, 3.05) is 13.2 Å². The Balaban J connectivity index is 2.55. The highest BCUT2D eigenvalue weighted by atomic mass is 19.1. The van der Waals surface area contributed by atoms with Gasteiger partial charge in [-0.2, -0.15) is 0 Å². The van der Waals surface area contributed by atoms with Crippen LogP contribution in [0.15, 0.2) is 12.1 Å². The van der Waals surface area contributed by atoms with Crippen LogP contribution in [0.1, 0.15) is 10.4 Å². The quantitative estimate of drug-likeness (QED) is 0.598. The van der Waals surface area contributed by atoms with Crippen LogP contribution < -0.4 is 9.47 Å². The van der Waals surface area contributed by atoms with Crippen molar-refractivity contribution >= 4 is 11.8 Å². The summed E-state index contributed by atoms with van der Waals surface area (Å²) in [7, 11) is 0. The number of carbonyl (C=O) groups excluding carboxylic acids is 1. The monoisotopic (exact) mass is 226 g/mol. The maximum Gasteiger partial charge on any atom is 0.377 e. The van der Waals surface area contributed by atoms with E-state index in [-0.39, 0.29) is 30.3 Å². The molecule has 0 unspecified atom stereocenters. The number of fused-ring (bicyclic) bond motifs is 1. The molecule has 1 heterocycles. The summed E-state index contributed by atoms with van der Waals surface area (Å²) in [6, 6.07) is 2.04. The molecule has 84 valence electrons. The molecule has 1 aliphatic rings. The molecule has 1 aliphatic heterocycles. The molecular weight excluding hydrogens is 219 g/mol. The van der Waals surface area contributed by atoms with Crippen LogP contribution in [0.4, 0.5) is 4.39 Å². The summed E-state index contributed by atoms with van der Waals surface area (Å²) in [5.74, 6) is -3.81. The van der Waals surface area contributed by atoms with E-state index in [1.807, 2.05) is 0 Å². The lowest BCUT2D eigenvalue weighted by atomic mass is 10.1. The normalized spacial score (nSPS) is 13.3. The molecule has 0 amide bonds. The van der Waals surface area contributed by atoms with Gasteiger partial charge in [0.05, 0.1) is 5.56 Å². The van der Waals surface area contributed by atoms with Gasteiger partial charge in [-0.3, -0.25) is 4.79 Å². The lowest BCUT2D eigenvalue weighted by molar-refractivity contribution is -0.131. The van der Waals surface area contributed by atoms with Crippen molar-refractivity contribution in [1.29, 1.82) is 0 Å². The Morgan fingerprint density at radius 3 is 2.44 bits per heavy atom. The molecule has 2 rings (SSSR count). The number of ketones is 1. The van der Waals surface area contributed by atoms with Gasteiger partial charge >= 0.3 is 5.97 Å². The summed E-state index contributed by atoms with van der Waals surface area (Å²) < 4.78 is 23.3. The van der Waals surface area contributed by atoms with Crippen LogP contribution in [0, 0.1) is 5.82 Å². The van der Waals surface area contributed by atoms with Crippen molar-refractivity contribution in [3.8, 4) is 11.5 Å². The fourth-order valence-corrected chi connectivity index (χ4v) is 1.40. The first-order valence-electron chi connectivity index (χ1n) is 4.47. The predicted molar refractivity (Wildman–Crippen MR) is 49.4 cm³/mol. The number of aliphatic carboxylic acids is 1. The van der Waals surface area contributed by atoms with Crippen molar-refractivity contribution < 1.29 is 28.6 Å². The molecule has 6 heteroatoms. The Labute approximate surface area is 89.4 Å². The molecule has 1 N–H and O–H groups in total. The summed E-state index contributed by atoms with van der Waals surface area (Å²) >= 11 is 0. The van der Waals surface area contributed by atoms with Gasteiger partial charge in [-0.1, -0.05) is 0 Å². The van der Waals surface area contributed by atoms with Crippen LogP contribution >= 0.6 is 0 Å². The SMILES string of the molecule is O=C(O)C(=O)c1ccc(F)c2c1OCCO2. The number of benzene rings is 1. The molecule has 0 bridgehead atoms. The molecule has 0 atom stereocenters. The second kappa shape index (κ2) is 3.80. The third kappa shape index (κ3) is 1.58. The summed E-state index contributed by atoms with van der Waals surface area (Å²) in [5.41, 5.74) is -0.205. The van der Waals surface area contributed by atoms with E-state index >= 15 is 0 Å². The molecule has 16 heavy (non-hydrogen) atoms. The maximum absolute atomic E-state index is 13.3. The van der Waals surface area contributed by atoms with Crippen LogP contribution in [-0.4, -0.2) is 30.1 Å². The van der Waals surface area contributed by atoms with Crippen LogP contribution in [0.25, 0.3) is 0 Å². The van der Waals surface area contributed by atoms with Gasteiger partial charge in [-0.15, -0.1) is 0 Å². The molecule has 5 nitrogen and oxygen atoms in total. The first kappa shape index (κ1) is 10.4. The lowest BCUT2D eigenvalue weighted by Gasteiger charge is -2.20. The van der Waals surface area contributed by atoms with Gasteiger partial charge in [0.2, 0.25) is 0 Å². The zero-order valence-corrected chi connectivity index (χ0v) is 8.03. The Kier molecular flexibility index (Phi) is 2.47. The Hall–Kier alpha value is -2.11. The summed E-state index contributed by atoms with van der Waals surface area (Å²) in [5, 5.41) is 8.57. The Bertz CT molecular complexity index is 469. The first-order chi connectivity index (χ1) is 7.61. The predicted octanol–water partition coefficient (Wildman–Crippen LogP) is 0.864. The van der Waals surface area contributed by atoms with Gasteiger partial charge in [0.15, 0.2) is 17.3 Å². The van der Waals surface area contributed by atoms with Gasteiger partial charge in [0, 0.05) is 0 Å². The number of Topliss-reactive ketones (excluding diaryl/α,β-unsaturated/α-hetero) is 1. The molecular formula is C10H7FO5. The van der Waals surface area contributed by atoms with E-state index in [0.29, 0.717) is 0 Å². The van der Waals surface area contributed by atoms with Crippen LogP contribution in [0.3, 0.4) is 0 Å². The molecule has 0 saturated heterocycles. The average molecular weight is 226 g/mol. The second-order valence-corrected chi connectivity index (χ2v) is 3.08. The number of hydrogen-bond acceptors (Lipinski definition) is 4. The van der Waals surface area contributed by atoms with Crippen molar-refractivity contribution in [2.45, 2.75) is 0 Å². The number of rotatable bonds is 2. The minimum atomic E-state index is -1.62. The smallest absolute Gasteiger partial charge is 0.377 e. The molecule has 0 fully saturated rings. The van der Waals surface area contributed by atoms with Gasteiger partial charge in [-0.05, 0) is 12.1 Å². The van der Waals surface area contributed by atoms with Gasteiger partial charge in [0.1, 0.15) is 13.2 Å². The van der Waals surface area contributed by atoms with E-state index in [4.69, 9.17) is 14.6 Å². The van der Waals surface area contributed by atoms with Gasteiger partial charge < -0.3 is 14.6 Å². The third-order valence-corrected chi connectivity index (χ3v) is 2.08. The van der Waals surface area contributed by atoms with E-state index in [1.165, 1.54) is 0 Å². The molecule has 0 aromatic heterocycles. The minimum Gasteiger partial charge on any atom is -0.485 e. The van der Waals surface area contributed by atoms with Crippen molar-refractivity contribution in [3.63, 3.8) is 0 Å². The number of halogens is 1. The summed E-state index contributed by atoms with van der Waals surface area (Å²) in [6.07, 6.45) is 0. The molecule has 0 saturated carbocycles. The van der Waals surface area contributed by atoms with E-state index < -0.39 is 17.6 Å². The van der Waals surface area contributed by atoms with Crippen LogP contribution in [0.5, 0.6) is 11.5 Å². The minimum absolute atomic E-state index is 0.140. The maximum atomic E-state index is 13.3. The average Bonchev–Trinajstić information content (AvgIpc) is 2.29. The van der Waals surface area contributed by atoms with Crippen molar-refractivity contribution in [1.82, 2.24) is 0 Å². The zero-order valence-electron chi connectivity index (χ0n) is 8.03. The Morgan fingerprint density at radius 1 is 1.19 bits per heavy atom. The topological polar surface area (TPSA) is 72.8 Å². The van der Waals surface area contributed by atoms with E-state index in [2.05, 4.69) is 0 Å². The van der Waals surface area contributed by atoms with Crippen LogP contribution in [0.2, 0.25) is 0 Å². The lowest BCUT2D eigenvalue weighted by Crippen LogP contribution is -2.21. The molecule has 1 aromatic carbocycles. The second-order valence-electron chi connectivity index (χ2n) is 3.08. The number of carboxylic acids is 1.